The van der Waals surface area contributed by atoms with Crippen LogP contribution in [-0.2, 0) is 14.3 Å². The van der Waals surface area contributed by atoms with E-state index in [4.69, 9.17) is 9.47 Å². The predicted molar refractivity (Wildman–Crippen MR) is 71.4 cm³/mol. The molecule has 2 atom stereocenters. The van der Waals surface area contributed by atoms with Crippen LogP contribution in [0.25, 0.3) is 0 Å². The summed E-state index contributed by atoms with van der Waals surface area (Å²) in [6.45, 7) is 11.6. The molecule has 1 rings (SSSR count). The van der Waals surface area contributed by atoms with Crippen molar-refractivity contribution >= 4 is 5.97 Å². The van der Waals surface area contributed by atoms with E-state index in [0.29, 0.717) is 18.7 Å². The molecule has 0 aliphatic heterocycles. The molecule has 1 aliphatic rings. The Morgan fingerprint density at radius 1 is 1.44 bits per heavy atom. The fourth-order valence-corrected chi connectivity index (χ4v) is 2.44. The lowest BCUT2D eigenvalue weighted by Gasteiger charge is -2.52. The van der Waals surface area contributed by atoms with Gasteiger partial charge < -0.3 is 14.8 Å². The molecule has 1 saturated carbocycles. The van der Waals surface area contributed by atoms with Crippen molar-refractivity contribution in [1.29, 1.82) is 0 Å². The molecule has 0 bridgehead atoms. The molecular weight excluding hydrogens is 230 g/mol. The number of nitrogens with one attached hydrogen (secondary N) is 1. The largest absolute Gasteiger partial charge is 0.469 e. The highest BCUT2D eigenvalue weighted by Crippen LogP contribution is 2.42. The minimum atomic E-state index is -0.485. The monoisotopic (exact) mass is 257 g/mol. The summed E-state index contributed by atoms with van der Waals surface area (Å²) in [5.74, 6) is -0.173. The van der Waals surface area contributed by atoms with Gasteiger partial charge in [-0.2, -0.15) is 0 Å². The van der Waals surface area contributed by atoms with Crippen LogP contribution in [0.15, 0.2) is 0 Å². The second-order valence-corrected chi connectivity index (χ2v) is 6.31. The molecule has 0 aromatic heterocycles. The maximum Gasteiger partial charge on any atom is 0.312 e. The minimum absolute atomic E-state index is 0.127. The predicted octanol–water partition coefficient (Wildman–Crippen LogP) is 1.98. The quantitative estimate of drug-likeness (QED) is 0.739. The van der Waals surface area contributed by atoms with E-state index < -0.39 is 5.41 Å². The molecule has 0 saturated heterocycles. The van der Waals surface area contributed by atoms with E-state index in [1.54, 1.807) is 0 Å². The number of hydrogen-bond donors (Lipinski definition) is 1. The van der Waals surface area contributed by atoms with E-state index >= 15 is 0 Å². The lowest BCUT2D eigenvalue weighted by atomic mass is 9.64. The van der Waals surface area contributed by atoms with Gasteiger partial charge in [-0.15, -0.1) is 0 Å². The highest BCUT2D eigenvalue weighted by molar-refractivity contribution is 5.76. The average Bonchev–Trinajstić information content (AvgIpc) is 2.31. The smallest absolute Gasteiger partial charge is 0.312 e. The average molecular weight is 257 g/mol. The number of esters is 1. The van der Waals surface area contributed by atoms with Gasteiger partial charge in [0.05, 0.1) is 18.6 Å². The summed E-state index contributed by atoms with van der Waals surface area (Å²) < 4.78 is 10.5. The van der Waals surface area contributed by atoms with E-state index in [1.165, 1.54) is 7.11 Å². The highest BCUT2D eigenvalue weighted by Gasteiger charge is 2.49. The summed E-state index contributed by atoms with van der Waals surface area (Å²) in [5.41, 5.74) is -0.357. The van der Waals surface area contributed by atoms with Crippen LogP contribution in [0.3, 0.4) is 0 Å². The van der Waals surface area contributed by atoms with Crippen LogP contribution in [0.5, 0.6) is 0 Å². The SMILES string of the molecule is CCOC1CC(NCC(C)(C)C(=O)OC)C1(C)C. The molecule has 1 fully saturated rings. The minimum Gasteiger partial charge on any atom is -0.469 e. The van der Waals surface area contributed by atoms with Gasteiger partial charge in [0, 0.05) is 24.6 Å². The van der Waals surface area contributed by atoms with Gasteiger partial charge in [0.1, 0.15) is 0 Å². The zero-order chi connectivity index (χ0) is 14.0. The first-order valence-corrected chi connectivity index (χ1v) is 6.69. The molecule has 4 heteroatoms. The summed E-state index contributed by atoms with van der Waals surface area (Å²) in [4.78, 5) is 11.6. The maximum absolute atomic E-state index is 11.6. The first kappa shape index (κ1) is 15.4. The standard InChI is InChI=1S/C14H27NO3/c1-7-18-11-8-10(14(11,4)5)15-9-13(2,3)12(16)17-6/h10-11,15H,7-9H2,1-6H3. The van der Waals surface area contributed by atoms with Crippen molar-refractivity contribution in [3.05, 3.63) is 0 Å². The van der Waals surface area contributed by atoms with Gasteiger partial charge in [-0.1, -0.05) is 13.8 Å². The summed E-state index contributed by atoms with van der Waals surface area (Å²) in [6, 6.07) is 0.401. The number of methoxy groups -OCH3 is 1. The van der Waals surface area contributed by atoms with Crippen LogP contribution in [0.4, 0.5) is 0 Å². The lowest BCUT2D eigenvalue weighted by Crippen LogP contribution is -2.62. The maximum atomic E-state index is 11.6. The van der Waals surface area contributed by atoms with E-state index in [9.17, 15) is 4.79 Å². The van der Waals surface area contributed by atoms with Crippen molar-refractivity contribution in [3.8, 4) is 0 Å². The van der Waals surface area contributed by atoms with Crippen LogP contribution < -0.4 is 5.32 Å². The Kier molecular flexibility index (Phi) is 4.78. The van der Waals surface area contributed by atoms with E-state index in [0.717, 1.165) is 13.0 Å². The third kappa shape index (κ3) is 3.04. The van der Waals surface area contributed by atoms with Gasteiger partial charge in [0.2, 0.25) is 0 Å². The second-order valence-electron chi connectivity index (χ2n) is 6.31. The normalized spacial score (nSPS) is 26.6. The Morgan fingerprint density at radius 3 is 2.50 bits per heavy atom. The Labute approximate surface area is 110 Å². The van der Waals surface area contributed by atoms with Crippen molar-refractivity contribution in [2.75, 3.05) is 20.3 Å². The van der Waals surface area contributed by atoms with Crippen molar-refractivity contribution in [2.45, 2.75) is 53.2 Å². The first-order chi connectivity index (χ1) is 8.25. The van der Waals surface area contributed by atoms with Gasteiger partial charge in [-0.3, -0.25) is 4.79 Å². The lowest BCUT2D eigenvalue weighted by molar-refractivity contribution is -0.151. The molecule has 18 heavy (non-hydrogen) atoms. The molecule has 0 aromatic carbocycles. The number of ether oxygens (including phenoxy) is 2. The molecule has 0 amide bonds. The van der Waals surface area contributed by atoms with Crippen LogP contribution in [0, 0.1) is 10.8 Å². The molecule has 4 nitrogen and oxygen atoms in total. The van der Waals surface area contributed by atoms with Gasteiger partial charge in [-0.05, 0) is 27.2 Å². The molecular formula is C14H27NO3. The van der Waals surface area contributed by atoms with Crippen LogP contribution in [-0.4, -0.2) is 38.4 Å². The Hall–Kier alpha value is -0.610. The van der Waals surface area contributed by atoms with Crippen molar-refractivity contribution in [2.24, 2.45) is 10.8 Å². The summed E-state index contributed by atoms with van der Waals surface area (Å²) in [6.07, 6.45) is 1.33. The van der Waals surface area contributed by atoms with Crippen LogP contribution in [0.2, 0.25) is 0 Å². The first-order valence-electron chi connectivity index (χ1n) is 6.69. The zero-order valence-electron chi connectivity index (χ0n) is 12.5. The Balaban J connectivity index is 2.45. The second kappa shape index (κ2) is 5.57. The third-order valence-electron chi connectivity index (χ3n) is 4.07. The van der Waals surface area contributed by atoms with Gasteiger partial charge in [0.25, 0.3) is 0 Å². The number of rotatable bonds is 6. The van der Waals surface area contributed by atoms with E-state index in [1.807, 2.05) is 20.8 Å². The van der Waals surface area contributed by atoms with Gasteiger partial charge >= 0.3 is 5.97 Å². The molecule has 1 aliphatic carbocycles. The summed E-state index contributed by atoms with van der Waals surface area (Å²) in [5, 5.41) is 3.47. The van der Waals surface area contributed by atoms with Gasteiger partial charge in [-0.25, -0.2) is 0 Å². The zero-order valence-corrected chi connectivity index (χ0v) is 12.5. The summed E-state index contributed by atoms with van der Waals surface area (Å²) in [7, 11) is 1.43. The Morgan fingerprint density at radius 2 is 2.06 bits per heavy atom. The van der Waals surface area contributed by atoms with Crippen molar-refractivity contribution in [3.63, 3.8) is 0 Å². The molecule has 0 aromatic rings. The fourth-order valence-electron chi connectivity index (χ4n) is 2.44. The van der Waals surface area contributed by atoms with E-state index in [-0.39, 0.29) is 11.4 Å². The number of hydrogen-bond acceptors (Lipinski definition) is 4. The number of carbonyl (C=O) groups is 1. The topological polar surface area (TPSA) is 47.6 Å². The highest BCUT2D eigenvalue weighted by atomic mass is 16.5. The van der Waals surface area contributed by atoms with Crippen LogP contribution in [0.1, 0.15) is 41.0 Å². The van der Waals surface area contributed by atoms with E-state index in [2.05, 4.69) is 19.2 Å². The molecule has 0 spiro atoms. The summed E-state index contributed by atoms with van der Waals surface area (Å²) >= 11 is 0. The molecule has 106 valence electrons. The third-order valence-corrected chi connectivity index (χ3v) is 4.07. The number of carbonyl (C=O) groups excluding carboxylic acids is 1. The fraction of sp³-hybridized carbons (Fsp3) is 0.929. The van der Waals surface area contributed by atoms with Crippen molar-refractivity contribution in [1.82, 2.24) is 5.32 Å². The van der Waals surface area contributed by atoms with Crippen molar-refractivity contribution < 1.29 is 14.3 Å². The molecule has 2 unspecified atom stereocenters. The molecule has 0 heterocycles. The van der Waals surface area contributed by atoms with Crippen LogP contribution >= 0.6 is 0 Å². The molecule has 1 N–H and O–H groups in total. The Bertz CT molecular complexity index is 299. The molecule has 0 radical (unpaired) electrons. The van der Waals surface area contributed by atoms with Gasteiger partial charge in [0.15, 0.2) is 0 Å².